The van der Waals surface area contributed by atoms with Crippen molar-refractivity contribution in [1.82, 2.24) is 4.98 Å². The topological polar surface area (TPSA) is 85.4 Å². The second-order valence-electron chi connectivity index (χ2n) is 5.59. The Balaban J connectivity index is 1.69. The van der Waals surface area contributed by atoms with E-state index < -0.39 is 12.0 Å². The van der Waals surface area contributed by atoms with Crippen LogP contribution in [0.1, 0.15) is 31.6 Å². The Hall–Kier alpha value is -2.23. The van der Waals surface area contributed by atoms with Crippen molar-refractivity contribution < 1.29 is 18.7 Å². The van der Waals surface area contributed by atoms with Gasteiger partial charge in [-0.1, -0.05) is 12.1 Å². The zero-order valence-corrected chi connectivity index (χ0v) is 12.9. The van der Waals surface area contributed by atoms with Crippen molar-refractivity contribution in [3.8, 4) is 6.07 Å². The SMILES string of the molecule is CC(OCC1CCCO1)C(=O)C(C#N)c1nc2ccccc2o1. The maximum absolute atomic E-state index is 12.5. The molecule has 120 valence electrons. The van der Waals surface area contributed by atoms with Crippen molar-refractivity contribution >= 4 is 16.9 Å². The molecular formula is C17H18N2O4. The van der Waals surface area contributed by atoms with Crippen molar-refractivity contribution in [3.63, 3.8) is 0 Å². The normalized spacial score (nSPS) is 20.3. The Kier molecular flexibility index (Phi) is 4.70. The van der Waals surface area contributed by atoms with Gasteiger partial charge in [0.1, 0.15) is 11.6 Å². The van der Waals surface area contributed by atoms with E-state index >= 15 is 0 Å². The van der Waals surface area contributed by atoms with Crippen LogP contribution in [0.5, 0.6) is 0 Å². The number of carbonyl (C=O) groups is 1. The average Bonchev–Trinajstić information content (AvgIpc) is 3.22. The van der Waals surface area contributed by atoms with E-state index in [1.165, 1.54) is 0 Å². The second-order valence-corrected chi connectivity index (χ2v) is 5.59. The standard InChI is InChI=1S/C17H18N2O4/c1-11(22-10-12-5-4-8-21-12)16(20)13(9-18)17-19-14-6-2-3-7-15(14)23-17/h2-3,6-7,11-13H,4-5,8,10H2,1H3. The Morgan fingerprint density at radius 1 is 1.52 bits per heavy atom. The number of oxazole rings is 1. The lowest BCUT2D eigenvalue weighted by Gasteiger charge is -2.16. The van der Waals surface area contributed by atoms with Gasteiger partial charge >= 0.3 is 0 Å². The smallest absolute Gasteiger partial charge is 0.220 e. The number of carbonyl (C=O) groups excluding carboxylic acids is 1. The van der Waals surface area contributed by atoms with E-state index in [1.54, 1.807) is 19.1 Å². The summed E-state index contributed by atoms with van der Waals surface area (Å²) in [5, 5.41) is 9.35. The van der Waals surface area contributed by atoms with Crippen LogP contribution in [0.4, 0.5) is 0 Å². The van der Waals surface area contributed by atoms with Gasteiger partial charge in [-0.15, -0.1) is 0 Å². The Labute approximate surface area is 134 Å². The van der Waals surface area contributed by atoms with Crippen LogP contribution in [-0.2, 0) is 14.3 Å². The molecule has 1 aromatic carbocycles. The van der Waals surface area contributed by atoms with Gasteiger partial charge in [-0.3, -0.25) is 4.79 Å². The van der Waals surface area contributed by atoms with E-state index in [9.17, 15) is 10.1 Å². The van der Waals surface area contributed by atoms with Crippen LogP contribution in [0.3, 0.4) is 0 Å². The predicted molar refractivity (Wildman–Crippen MR) is 81.8 cm³/mol. The Bertz CT molecular complexity index is 695. The molecule has 0 saturated carbocycles. The number of nitriles is 1. The van der Waals surface area contributed by atoms with Crippen LogP contribution in [-0.4, -0.2) is 36.2 Å². The first-order chi connectivity index (χ1) is 11.2. The van der Waals surface area contributed by atoms with Crippen LogP contribution in [0.25, 0.3) is 11.1 Å². The van der Waals surface area contributed by atoms with Crippen molar-refractivity contribution in [2.24, 2.45) is 0 Å². The molecular weight excluding hydrogens is 296 g/mol. The maximum Gasteiger partial charge on any atom is 0.220 e. The summed E-state index contributed by atoms with van der Waals surface area (Å²) in [6.45, 7) is 2.74. The van der Waals surface area contributed by atoms with Crippen LogP contribution < -0.4 is 0 Å². The number of para-hydroxylation sites is 2. The quantitative estimate of drug-likeness (QED) is 0.814. The van der Waals surface area contributed by atoms with Crippen molar-refractivity contribution in [2.45, 2.75) is 37.9 Å². The molecule has 3 unspecified atom stereocenters. The molecule has 1 saturated heterocycles. The summed E-state index contributed by atoms with van der Waals surface area (Å²) in [4.78, 5) is 16.7. The molecule has 6 heteroatoms. The highest BCUT2D eigenvalue weighted by atomic mass is 16.5. The van der Waals surface area contributed by atoms with Crippen LogP contribution in [0.2, 0.25) is 0 Å². The number of fused-ring (bicyclic) bond motifs is 1. The van der Waals surface area contributed by atoms with Crippen molar-refractivity contribution in [2.75, 3.05) is 13.2 Å². The number of hydrogen-bond acceptors (Lipinski definition) is 6. The third kappa shape index (κ3) is 3.41. The summed E-state index contributed by atoms with van der Waals surface area (Å²) < 4.78 is 16.6. The largest absolute Gasteiger partial charge is 0.439 e. The number of benzene rings is 1. The van der Waals surface area contributed by atoms with E-state index in [-0.39, 0.29) is 17.8 Å². The number of aromatic nitrogens is 1. The van der Waals surface area contributed by atoms with Gasteiger partial charge in [0.2, 0.25) is 5.89 Å². The fraction of sp³-hybridized carbons (Fsp3) is 0.471. The molecule has 2 heterocycles. The van der Waals surface area contributed by atoms with E-state index in [2.05, 4.69) is 4.98 Å². The molecule has 0 bridgehead atoms. The third-order valence-corrected chi connectivity index (χ3v) is 3.93. The van der Waals surface area contributed by atoms with Crippen LogP contribution >= 0.6 is 0 Å². The van der Waals surface area contributed by atoms with Gasteiger partial charge in [0.05, 0.1) is 18.8 Å². The lowest BCUT2D eigenvalue weighted by molar-refractivity contribution is -0.132. The lowest BCUT2D eigenvalue weighted by atomic mass is 10.0. The van der Waals surface area contributed by atoms with Crippen molar-refractivity contribution in [1.29, 1.82) is 5.26 Å². The number of ketones is 1. The van der Waals surface area contributed by atoms with Gasteiger partial charge < -0.3 is 13.9 Å². The summed E-state index contributed by atoms with van der Waals surface area (Å²) in [6.07, 6.45) is 1.28. The third-order valence-electron chi connectivity index (χ3n) is 3.93. The zero-order chi connectivity index (χ0) is 16.2. The molecule has 6 nitrogen and oxygen atoms in total. The molecule has 1 aliphatic heterocycles. The molecule has 1 aromatic heterocycles. The fourth-order valence-corrected chi connectivity index (χ4v) is 2.60. The summed E-state index contributed by atoms with van der Waals surface area (Å²) in [5.41, 5.74) is 1.19. The van der Waals surface area contributed by atoms with Gasteiger partial charge in [-0.25, -0.2) is 4.98 Å². The summed E-state index contributed by atoms with van der Waals surface area (Å²) >= 11 is 0. The monoisotopic (exact) mass is 314 g/mol. The highest BCUT2D eigenvalue weighted by Gasteiger charge is 2.31. The molecule has 0 spiro atoms. The molecule has 3 rings (SSSR count). The van der Waals surface area contributed by atoms with Crippen LogP contribution in [0, 0.1) is 11.3 Å². The predicted octanol–water partition coefficient (Wildman–Crippen LogP) is 2.59. The molecule has 0 N–H and O–H groups in total. The van der Waals surface area contributed by atoms with E-state index in [4.69, 9.17) is 13.9 Å². The number of Topliss-reactive ketones (excluding diaryl/α,β-unsaturated/α-hetero) is 1. The first-order valence-corrected chi connectivity index (χ1v) is 7.71. The lowest BCUT2D eigenvalue weighted by Crippen LogP contribution is -2.29. The summed E-state index contributed by atoms with van der Waals surface area (Å²) in [7, 11) is 0. The number of nitrogens with zero attached hydrogens (tertiary/aromatic N) is 2. The Morgan fingerprint density at radius 3 is 3.04 bits per heavy atom. The molecule has 23 heavy (non-hydrogen) atoms. The van der Waals surface area contributed by atoms with E-state index in [0.717, 1.165) is 19.4 Å². The van der Waals surface area contributed by atoms with Gasteiger partial charge in [-0.05, 0) is 31.9 Å². The second kappa shape index (κ2) is 6.90. The molecule has 0 aliphatic carbocycles. The summed E-state index contributed by atoms with van der Waals surface area (Å²) in [5.74, 6) is -1.30. The van der Waals surface area contributed by atoms with Crippen molar-refractivity contribution in [3.05, 3.63) is 30.2 Å². The molecule has 0 amide bonds. The highest BCUT2D eigenvalue weighted by molar-refractivity contribution is 5.91. The minimum atomic E-state index is -1.07. The fourth-order valence-electron chi connectivity index (χ4n) is 2.60. The molecule has 1 fully saturated rings. The molecule has 2 aromatic rings. The number of rotatable bonds is 6. The molecule has 1 aliphatic rings. The van der Waals surface area contributed by atoms with E-state index in [0.29, 0.717) is 17.7 Å². The zero-order valence-electron chi connectivity index (χ0n) is 12.9. The first kappa shape index (κ1) is 15.7. The molecule has 0 radical (unpaired) electrons. The summed E-state index contributed by atoms with van der Waals surface area (Å²) in [6, 6.07) is 9.14. The van der Waals surface area contributed by atoms with Gasteiger partial charge in [-0.2, -0.15) is 5.26 Å². The average molecular weight is 314 g/mol. The van der Waals surface area contributed by atoms with Gasteiger partial charge in [0.25, 0.3) is 0 Å². The minimum Gasteiger partial charge on any atom is -0.439 e. The van der Waals surface area contributed by atoms with Gasteiger partial charge in [0, 0.05) is 6.61 Å². The maximum atomic E-state index is 12.5. The van der Waals surface area contributed by atoms with E-state index in [1.807, 2.05) is 18.2 Å². The Morgan fingerprint density at radius 2 is 2.35 bits per heavy atom. The minimum absolute atomic E-state index is 0.0371. The number of hydrogen-bond donors (Lipinski definition) is 0. The van der Waals surface area contributed by atoms with Crippen LogP contribution in [0.15, 0.2) is 28.7 Å². The number of ether oxygens (including phenoxy) is 2. The highest BCUT2D eigenvalue weighted by Crippen LogP contribution is 2.23. The molecule has 3 atom stereocenters. The van der Waals surface area contributed by atoms with Gasteiger partial charge in [0.15, 0.2) is 17.3 Å². The first-order valence-electron chi connectivity index (χ1n) is 7.71.